The molecule has 0 atom stereocenters. The maximum absolute atomic E-state index is 13.6. The first kappa shape index (κ1) is 14.0. The van der Waals surface area contributed by atoms with Crippen LogP contribution in [0.5, 0.6) is 5.75 Å². The fraction of sp³-hybridized carbons (Fsp3) is 0.571. The number of hydrogen-bond acceptors (Lipinski definition) is 2. The lowest BCUT2D eigenvalue weighted by Crippen LogP contribution is -2.08. The Hall–Kier alpha value is -1.09. The van der Waals surface area contributed by atoms with Gasteiger partial charge < -0.3 is 10.5 Å². The van der Waals surface area contributed by atoms with Gasteiger partial charge in [-0.05, 0) is 43.4 Å². The quantitative estimate of drug-likeness (QED) is 0.742. The Labute approximate surface area is 103 Å². The zero-order chi connectivity index (χ0) is 12.7. The van der Waals surface area contributed by atoms with E-state index < -0.39 is 0 Å². The highest BCUT2D eigenvalue weighted by Gasteiger charge is 2.09. The van der Waals surface area contributed by atoms with Crippen molar-refractivity contribution in [3.05, 3.63) is 29.6 Å². The van der Waals surface area contributed by atoms with Crippen molar-refractivity contribution in [1.29, 1.82) is 0 Å². The van der Waals surface area contributed by atoms with Crippen molar-refractivity contribution in [2.24, 2.45) is 11.7 Å². The molecule has 0 radical (unpaired) electrons. The summed E-state index contributed by atoms with van der Waals surface area (Å²) in [6.45, 7) is 5.41. The van der Waals surface area contributed by atoms with Crippen molar-refractivity contribution in [3.8, 4) is 5.75 Å². The molecule has 0 aliphatic carbocycles. The number of hydrogen-bond donors (Lipinski definition) is 1. The van der Waals surface area contributed by atoms with Crippen molar-refractivity contribution in [2.45, 2.75) is 33.1 Å². The summed E-state index contributed by atoms with van der Waals surface area (Å²) in [7, 11) is 0. The van der Waals surface area contributed by atoms with Crippen molar-refractivity contribution < 1.29 is 9.13 Å². The second kappa shape index (κ2) is 7.28. The molecule has 0 amide bonds. The smallest absolute Gasteiger partial charge is 0.165 e. The first-order chi connectivity index (χ1) is 8.15. The predicted molar refractivity (Wildman–Crippen MR) is 68.7 cm³/mol. The van der Waals surface area contributed by atoms with E-state index in [-0.39, 0.29) is 5.82 Å². The molecule has 0 bridgehead atoms. The van der Waals surface area contributed by atoms with Gasteiger partial charge in [-0.15, -0.1) is 0 Å². The molecule has 0 spiro atoms. The summed E-state index contributed by atoms with van der Waals surface area (Å²) in [5, 5.41) is 0. The molecule has 0 aliphatic heterocycles. The van der Waals surface area contributed by atoms with Crippen LogP contribution in [0.15, 0.2) is 18.2 Å². The topological polar surface area (TPSA) is 35.2 Å². The molecule has 96 valence electrons. The Morgan fingerprint density at radius 3 is 2.76 bits per heavy atom. The fourth-order valence-corrected chi connectivity index (χ4v) is 1.73. The fourth-order valence-electron chi connectivity index (χ4n) is 1.73. The van der Waals surface area contributed by atoms with E-state index in [1.165, 1.54) is 6.07 Å². The van der Waals surface area contributed by atoms with E-state index in [1.54, 1.807) is 6.07 Å². The maximum Gasteiger partial charge on any atom is 0.165 e. The molecule has 17 heavy (non-hydrogen) atoms. The standard InChI is InChI=1S/C14H22FNO/c1-11(2)5-4-10-17-14-12(8-9-16)6-3-7-13(14)15/h3,6-7,11H,4-5,8-10,16H2,1-2H3. The summed E-state index contributed by atoms with van der Waals surface area (Å²) >= 11 is 0. The zero-order valence-corrected chi connectivity index (χ0v) is 10.7. The number of para-hydroxylation sites is 1. The molecule has 0 heterocycles. The molecule has 1 rings (SSSR count). The van der Waals surface area contributed by atoms with Crippen LogP contribution in [-0.2, 0) is 6.42 Å². The number of benzene rings is 1. The number of ether oxygens (including phenoxy) is 1. The predicted octanol–water partition coefficient (Wildman–Crippen LogP) is 3.14. The van der Waals surface area contributed by atoms with E-state index in [2.05, 4.69) is 13.8 Å². The van der Waals surface area contributed by atoms with Crippen molar-refractivity contribution >= 4 is 0 Å². The van der Waals surface area contributed by atoms with E-state index in [9.17, 15) is 4.39 Å². The zero-order valence-electron chi connectivity index (χ0n) is 10.7. The number of halogens is 1. The van der Waals surface area contributed by atoms with E-state index in [1.807, 2.05) is 6.07 Å². The molecular weight excluding hydrogens is 217 g/mol. The molecule has 1 aromatic carbocycles. The van der Waals surface area contributed by atoms with Gasteiger partial charge in [0.05, 0.1) is 6.61 Å². The summed E-state index contributed by atoms with van der Waals surface area (Å²) < 4.78 is 19.1. The molecule has 0 saturated heterocycles. The van der Waals surface area contributed by atoms with Crippen LogP contribution >= 0.6 is 0 Å². The second-order valence-corrected chi connectivity index (χ2v) is 4.65. The molecule has 1 aromatic rings. The van der Waals surface area contributed by atoms with Crippen molar-refractivity contribution in [2.75, 3.05) is 13.2 Å². The minimum Gasteiger partial charge on any atom is -0.490 e. The van der Waals surface area contributed by atoms with Gasteiger partial charge in [-0.3, -0.25) is 0 Å². The summed E-state index contributed by atoms with van der Waals surface area (Å²) in [5.41, 5.74) is 6.35. The maximum atomic E-state index is 13.6. The first-order valence-corrected chi connectivity index (χ1v) is 6.25. The van der Waals surface area contributed by atoms with Crippen LogP contribution in [0.2, 0.25) is 0 Å². The van der Waals surface area contributed by atoms with Gasteiger partial charge in [0.15, 0.2) is 11.6 Å². The van der Waals surface area contributed by atoms with Crippen LogP contribution in [0.3, 0.4) is 0 Å². The highest BCUT2D eigenvalue weighted by atomic mass is 19.1. The molecule has 0 aromatic heterocycles. The lowest BCUT2D eigenvalue weighted by Gasteiger charge is -2.12. The van der Waals surface area contributed by atoms with E-state index >= 15 is 0 Å². The Balaban J connectivity index is 2.56. The Bertz CT molecular complexity index is 339. The number of nitrogens with two attached hydrogens (primary N) is 1. The minimum atomic E-state index is -0.291. The lowest BCUT2D eigenvalue weighted by atomic mass is 10.1. The van der Waals surface area contributed by atoms with Gasteiger partial charge in [-0.2, -0.15) is 0 Å². The highest BCUT2D eigenvalue weighted by molar-refractivity contribution is 5.35. The van der Waals surface area contributed by atoms with Crippen LogP contribution in [0.1, 0.15) is 32.3 Å². The molecule has 2 N–H and O–H groups in total. The van der Waals surface area contributed by atoms with Crippen molar-refractivity contribution in [3.63, 3.8) is 0 Å². The van der Waals surface area contributed by atoms with Crippen LogP contribution < -0.4 is 10.5 Å². The average Bonchev–Trinajstić information content (AvgIpc) is 2.27. The Kier molecular flexibility index (Phi) is 5.98. The van der Waals surface area contributed by atoms with Crippen LogP contribution in [-0.4, -0.2) is 13.2 Å². The molecule has 2 nitrogen and oxygen atoms in total. The normalized spacial score (nSPS) is 10.9. The molecule has 0 fully saturated rings. The molecular formula is C14H22FNO. The van der Waals surface area contributed by atoms with Gasteiger partial charge in [-0.1, -0.05) is 26.0 Å². The summed E-state index contributed by atoms with van der Waals surface area (Å²) in [6.07, 6.45) is 2.70. The SMILES string of the molecule is CC(C)CCCOc1c(F)cccc1CCN. The van der Waals surface area contributed by atoms with Gasteiger partial charge in [0.25, 0.3) is 0 Å². The highest BCUT2D eigenvalue weighted by Crippen LogP contribution is 2.23. The largest absolute Gasteiger partial charge is 0.490 e. The average molecular weight is 239 g/mol. The molecule has 0 aliphatic rings. The molecule has 0 saturated carbocycles. The first-order valence-electron chi connectivity index (χ1n) is 6.25. The third-order valence-corrected chi connectivity index (χ3v) is 2.63. The number of rotatable bonds is 7. The van der Waals surface area contributed by atoms with E-state index in [0.29, 0.717) is 31.2 Å². The van der Waals surface area contributed by atoms with Gasteiger partial charge in [-0.25, -0.2) is 4.39 Å². The molecule has 0 unspecified atom stereocenters. The third kappa shape index (κ3) is 4.73. The van der Waals surface area contributed by atoms with Gasteiger partial charge in [0.2, 0.25) is 0 Å². The lowest BCUT2D eigenvalue weighted by molar-refractivity contribution is 0.281. The van der Waals surface area contributed by atoms with Gasteiger partial charge in [0.1, 0.15) is 0 Å². The second-order valence-electron chi connectivity index (χ2n) is 4.65. The van der Waals surface area contributed by atoms with E-state index in [4.69, 9.17) is 10.5 Å². The summed E-state index contributed by atoms with van der Waals surface area (Å²) in [6, 6.07) is 4.99. The van der Waals surface area contributed by atoms with E-state index in [0.717, 1.165) is 18.4 Å². The summed E-state index contributed by atoms with van der Waals surface area (Å²) in [5.74, 6) is 0.741. The van der Waals surface area contributed by atoms with Crippen LogP contribution in [0.25, 0.3) is 0 Å². The van der Waals surface area contributed by atoms with Crippen LogP contribution in [0.4, 0.5) is 4.39 Å². The third-order valence-electron chi connectivity index (χ3n) is 2.63. The minimum absolute atomic E-state index is 0.291. The Morgan fingerprint density at radius 1 is 1.35 bits per heavy atom. The van der Waals surface area contributed by atoms with Crippen molar-refractivity contribution in [1.82, 2.24) is 0 Å². The monoisotopic (exact) mass is 239 g/mol. The van der Waals surface area contributed by atoms with Gasteiger partial charge in [0, 0.05) is 0 Å². The Morgan fingerprint density at radius 2 is 2.12 bits per heavy atom. The van der Waals surface area contributed by atoms with Gasteiger partial charge >= 0.3 is 0 Å². The summed E-state index contributed by atoms with van der Waals surface area (Å²) in [4.78, 5) is 0. The van der Waals surface area contributed by atoms with Crippen LogP contribution in [0, 0.1) is 11.7 Å². The molecule has 3 heteroatoms.